The van der Waals surface area contributed by atoms with Gasteiger partial charge >= 0.3 is 12.2 Å². The van der Waals surface area contributed by atoms with Crippen molar-refractivity contribution in [2.24, 2.45) is 5.92 Å². The number of halogens is 3. The Hall–Kier alpha value is -1.76. The van der Waals surface area contributed by atoms with Crippen molar-refractivity contribution in [3.05, 3.63) is 35.4 Å². The van der Waals surface area contributed by atoms with E-state index >= 15 is 0 Å². The molecule has 0 bridgehead atoms. The van der Waals surface area contributed by atoms with Crippen molar-refractivity contribution in [2.75, 3.05) is 13.2 Å². The molecule has 1 aromatic rings. The number of aliphatic hydroxyl groups excluding tert-OH is 1. The van der Waals surface area contributed by atoms with Gasteiger partial charge in [0, 0.05) is 19.2 Å². The van der Waals surface area contributed by atoms with Crippen LogP contribution in [0.1, 0.15) is 31.4 Å². The molecule has 1 aromatic carbocycles. The molecule has 1 rings (SSSR count). The molecule has 2 atom stereocenters. The number of hydrogen-bond acceptors (Lipinski definition) is 2. The number of hydrogen-bond donors (Lipinski definition) is 3. The second kappa shape index (κ2) is 8.76. The Morgan fingerprint density at radius 1 is 1.26 bits per heavy atom. The Bertz CT molecular complexity index is 506. The van der Waals surface area contributed by atoms with E-state index in [1.165, 1.54) is 12.1 Å². The van der Waals surface area contributed by atoms with Crippen LogP contribution >= 0.6 is 0 Å². The van der Waals surface area contributed by atoms with E-state index in [9.17, 15) is 18.0 Å². The normalized spacial score (nSPS) is 14.2. The molecule has 2 unspecified atom stereocenters. The fraction of sp³-hybridized carbons (Fsp3) is 0.562. The van der Waals surface area contributed by atoms with Crippen molar-refractivity contribution in [3.8, 4) is 0 Å². The Labute approximate surface area is 134 Å². The number of amides is 2. The first-order chi connectivity index (χ1) is 10.7. The Kier molecular flexibility index (Phi) is 7.35. The number of aliphatic hydroxyl groups is 1. The second-order valence-electron chi connectivity index (χ2n) is 5.73. The predicted molar refractivity (Wildman–Crippen MR) is 82.0 cm³/mol. The Morgan fingerprint density at radius 2 is 1.91 bits per heavy atom. The lowest BCUT2D eigenvalue weighted by Crippen LogP contribution is -2.43. The summed E-state index contributed by atoms with van der Waals surface area (Å²) in [5.74, 6) is 0.131. The van der Waals surface area contributed by atoms with E-state index in [0.29, 0.717) is 13.0 Å². The molecule has 23 heavy (non-hydrogen) atoms. The molecule has 0 spiro atoms. The van der Waals surface area contributed by atoms with Crippen LogP contribution in [0.2, 0.25) is 0 Å². The van der Waals surface area contributed by atoms with Crippen LogP contribution in [-0.2, 0) is 12.6 Å². The van der Waals surface area contributed by atoms with Gasteiger partial charge in [0.1, 0.15) is 0 Å². The van der Waals surface area contributed by atoms with Crippen LogP contribution in [0.4, 0.5) is 18.0 Å². The van der Waals surface area contributed by atoms with Crippen LogP contribution in [0, 0.1) is 5.92 Å². The van der Waals surface area contributed by atoms with Gasteiger partial charge in [0.25, 0.3) is 0 Å². The summed E-state index contributed by atoms with van der Waals surface area (Å²) in [5, 5.41) is 14.1. The standard InChI is InChI=1S/C16H23F3N2O2/c1-11(7-8-22)10-20-15(23)21-12(2)9-13-5-3-4-6-14(13)16(17,18)19/h3-6,11-12,22H,7-10H2,1-2H3,(H2,20,21,23). The number of carbonyl (C=O) groups excluding carboxylic acids is 1. The lowest BCUT2D eigenvalue weighted by molar-refractivity contribution is -0.138. The minimum atomic E-state index is -4.40. The highest BCUT2D eigenvalue weighted by molar-refractivity contribution is 5.74. The van der Waals surface area contributed by atoms with E-state index in [0.717, 1.165) is 6.07 Å². The molecule has 0 heterocycles. The average Bonchev–Trinajstić information content (AvgIpc) is 2.44. The summed E-state index contributed by atoms with van der Waals surface area (Å²) >= 11 is 0. The fourth-order valence-corrected chi connectivity index (χ4v) is 2.22. The summed E-state index contributed by atoms with van der Waals surface area (Å²) in [6, 6.07) is 4.49. The summed E-state index contributed by atoms with van der Waals surface area (Å²) in [7, 11) is 0. The molecule has 0 aliphatic rings. The summed E-state index contributed by atoms with van der Waals surface area (Å²) in [6.07, 6.45) is -3.73. The number of rotatable bonds is 7. The number of alkyl halides is 3. The van der Waals surface area contributed by atoms with E-state index in [1.807, 2.05) is 6.92 Å². The van der Waals surface area contributed by atoms with Gasteiger partial charge in [0.15, 0.2) is 0 Å². The molecule has 0 aliphatic heterocycles. The minimum Gasteiger partial charge on any atom is -0.396 e. The van der Waals surface area contributed by atoms with Crippen molar-refractivity contribution in [1.82, 2.24) is 10.6 Å². The third kappa shape index (κ3) is 6.90. The van der Waals surface area contributed by atoms with Crippen molar-refractivity contribution in [1.29, 1.82) is 0 Å². The van der Waals surface area contributed by atoms with Gasteiger partial charge in [0.05, 0.1) is 5.56 Å². The van der Waals surface area contributed by atoms with Crippen LogP contribution in [-0.4, -0.2) is 30.3 Å². The Balaban J connectivity index is 2.54. The lowest BCUT2D eigenvalue weighted by atomic mass is 10.0. The van der Waals surface area contributed by atoms with Gasteiger partial charge < -0.3 is 15.7 Å². The monoisotopic (exact) mass is 332 g/mol. The summed E-state index contributed by atoms with van der Waals surface area (Å²) in [5.41, 5.74) is -0.521. The first kappa shape index (κ1) is 19.3. The first-order valence-electron chi connectivity index (χ1n) is 7.54. The molecule has 0 fully saturated rings. The zero-order valence-corrected chi connectivity index (χ0v) is 13.3. The molecule has 0 aliphatic carbocycles. The maximum Gasteiger partial charge on any atom is 0.416 e. The van der Waals surface area contributed by atoms with Gasteiger partial charge in [0.2, 0.25) is 0 Å². The van der Waals surface area contributed by atoms with Crippen LogP contribution in [0.5, 0.6) is 0 Å². The molecule has 2 amide bonds. The van der Waals surface area contributed by atoms with E-state index < -0.39 is 23.8 Å². The number of urea groups is 1. The topological polar surface area (TPSA) is 61.4 Å². The molecule has 130 valence electrons. The van der Waals surface area contributed by atoms with E-state index in [-0.39, 0.29) is 24.5 Å². The molecule has 0 radical (unpaired) electrons. The number of carbonyl (C=O) groups is 1. The maximum absolute atomic E-state index is 12.9. The molecular weight excluding hydrogens is 309 g/mol. The van der Waals surface area contributed by atoms with Gasteiger partial charge in [-0.15, -0.1) is 0 Å². The third-order valence-electron chi connectivity index (χ3n) is 3.46. The first-order valence-corrected chi connectivity index (χ1v) is 7.54. The lowest BCUT2D eigenvalue weighted by Gasteiger charge is -2.19. The molecule has 0 saturated carbocycles. The van der Waals surface area contributed by atoms with Gasteiger partial charge in [-0.3, -0.25) is 0 Å². The number of benzene rings is 1. The summed E-state index contributed by atoms with van der Waals surface area (Å²) in [6.45, 7) is 4.00. The van der Waals surface area contributed by atoms with Gasteiger partial charge in [-0.1, -0.05) is 25.1 Å². The number of nitrogens with one attached hydrogen (secondary N) is 2. The maximum atomic E-state index is 12.9. The average molecular weight is 332 g/mol. The van der Waals surface area contributed by atoms with E-state index in [2.05, 4.69) is 10.6 Å². The predicted octanol–water partition coefficient (Wildman–Crippen LogP) is 2.95. The minimum absolute atomic E-state index is 0.0507. The van der Waals surface area contributed by atoms with Crippen molar-refractivity contribution in [2.45, 2.75) is 38.9 Å². The third-order valence-corrected chi connectivity index (χ3v) is 3.46. The molecule has 3 N–H and O–H groups in total. The highest BCUT2D eigenvalue weighted by Gasteiger charge is 2.33. The van der Waals surface area contributed by atoms with Crippen LogP contribution < -0.4 is 10.6 Å². The van der Waals surface area contributed by atoms with Gasteiger partial charge in [-0.2, -0.15) is 13.2 Å². The highest BCUT2D eigenvalue weighted by Crippen LogP contribution is 2.32. The smallest absolute Gasteiger partial charge is 0.396 e. The van der Waals surface area contributed by atoms with Crippen LogP contribution in [0.25, 0.3) is 0 Å². The summed E-state index contributed by atoms with van der Waals surface area (Å²) < 4.78 is 38.8. The van der Waals surface area contributed by atoms with Gasteiger partial charge in [-0.05, 0) is 37.3 Å². The largest absolute Gasteiger partial charge is 0.416 e. The van der Waals surface area contributed by atoms with E-state index in [4.69, 9.17) is 5.11 Å². The quantitative estimate of drug-likeness (QED) is 0.719. The molecular formula is C16H23F3N2O2. The van der Waals surface area contributed by atoms with Crippen LogP contribution in [0.15, 0.2) is 24.3 Å². The van der Waals surface area contributed by atoms with Crippen LogP contribution in [0.3, 0.4) is 0 Å². The Morgan fingerprint density at radius 3 is 2.52 bits per heavy atom. The van der Waals surface area contributed by atoms with Crippen molar-refractivity contribution < 1.29 is 23.1 Å². The molecule has 4 nitrogen and oxygen atoms in total. The van der Waals surface area contributed by atoms with E-state index in [1.54, 1.807) is 13.0 Å². The zero-order chi connectivity index (χ0) is 17.5. The SMILES string of the molecule is CC(CCO)CNC(=O)NC(C)Cc1ccccc1C(F)(F)F. The fourth-order valence-electron chi connectivity index (χ4n) is 2.22. The summed E-state index contributed by atoms with van der Waals surface area (Å²) in [4.78, 5) is 11.7. The zero-order valence-electron chi connectivity index (χ0n) is 13.3. The van der Waals surface area contributed by atoms with Crippen molar-refractivity contribution in [3.63, 3.8) is 0 Å². The van der Waals surface area contributed by atoms with Gasteiger partial charge in [-0.25, -0.2) is 4.79 Å². The molecule has 7 heteroatoms. The molecule has 0 aromatic heterocycles. The highest BCUT2D eigenvalue weighted by atomic mass is 19.4. The molecule has 0 saturated heterocycles. The second-order valence-corrected chi connectivity index (χ2v) is 5.73. The van der Waals surface area contributed by atoms with Crippen molar-refractivity contribution >= 4 is 6.03 Å².